The molecule has 0 unspecified atom stereocenters. The molecular weight excluding hydrogens is 376 g/mol. The van der Waals surface area contributed by atoms with Gasteiger partial charge in [0.25, 0.3) is 5.91 Å². The summed E-state index contributed by atoms with van der Waals surface area (Å²) in [6, 6.07) is 10.0. The number of nitrogens with zero attached hydrogens (tertiary/aromatic N) is 5. The number of carbonyl (C=O) groups excluding carboxylic acids is 1. The average Bonchev–Trinajstić information content (AvgIpc) is 3.27. The summed E-state index contributed by atoms with van der Waals surface area (Å²) in [6.45, 7) is 11.3. The van der Waals surface area contributed by atoms with Gasteiger partial charge in [-0.15, -0.1) is 0 Å². The van der Waals surface area contributed by atoms with E-state index in [-0.39, 0.29) is 5.91 Å². The van der Waals surface area contributed by atoms with Gasteiger partial charge in [0.15, 0.2) is 5.65 Å². The van der Waals surface area contributed by atoms with E-state index >= 15 is 0 Å². The van der Waals surface area contributed by atoms with Gasteiger partial charge in [-0.1, -0.05) is 29.8 Å². The SMILES string of the molecule is CCn1cc(NC(=O)c2cc(-c3ccc(C)cc3)nc3c2c(C)nn3CC)c(C)n1. The fraction of sp³-hybridized carbons (Fsp3) is 0.304. The molecule has 0 aliphatic carbocycles. The van der Waals surface area contributed by atoms with Crippen LogP contribution in [0.3, 0.4) is 0 Å². The van der Waals surface area contributed by atoms with Crippen LogP contribution in [0.25, 0.3) is 22.3 Å². The number of hydrogen-bond acceptors (Lipinski definition) is 4. The van der Waals surface area contributed by atoms with Gasteiger partial charge in [-0.2, -0.15) is 10.2 Å². The molecule has 4 aromatic rings. The van der Waals surface area contributed by atoms with Gasteiger partial charge in [-0.3, -0.25) is 9.48 Å². The van der Waals surface area contributed by atoms with Crippen molar-refractivity contribution in [1.82, 2.24) is 24.5 Å². The van der Waals surface area contributed by atoms with Crippen molar-refractivity contribution in [2.45, 2.75) is 47.7 Å². The van der Waals surface area contributed by atoms with Gasteiger partial charge in [0.1, 0.15) is 0 Å². The minimum atomic E-state index is -0.187. The number of carbonyl (C=O) groups is 1. The van der Waals surface area contributed by atoms with E-state index in [1.807, 2.05) is 80.5 Å². The van der Waals surface area contributed by atoms with E-state index in [0.717, 1.165) is 40.2 Å². The predicted octanol–water partition coefficient (Wildman–Crippen LogP) is 4.51. The standard InChI is InChI=1S/C23H26N6O/c1-6-28-13-20(15(4)26-28)25-23(30)18-12-19(17-10-8-14(3)9-11-17)24-22-21(18)16(5)27-29(22)7-2/h8-13H,6-7H2,1-5H3,(H,25,30). The number of nitrogens with one attached hydrogen (secondary N) is 1. The molecule has 3 heterocycles. The van der Waals surface area contributed by atoms with Gasteiger partial charge in [0.2, 0.25) is 0 Å². The summed E-state index contributed by atoms with van der Waals surface area (Å²) in [7, 11) is 0. The van der Waals surface area contributed by atoms with Crippen LogP contribution in [-0.4, -0.2) is 30.5 Å². The Labute approximate surface area is 175 Å². The minimum Gasteiger partial charge on any atom is -0.319 e. The van der Waals surface area contributed by atoms with Crippen LogP contribution in [0.1, 0.15) is 41.2 Å². The van der Waals surface area contributed by atoms with Gasteiger partial charge < -0.3 is 5.32 Å². The van der Waals surface area contributed by atoms with Crippen LogP contribution in [0.2, 0.25) is 0 Å². The van der Waals surface area contributed by atoms with E-state index in [0.29, 0.717) is 17.8 Å². The molecule has 0 atom stereocenters. The Bertz CT molecular complexity index is 1230. The van der Waals surface area contributed by atoms with Crippen LogP contribution < -0.4 is 5.32 Å². The molecule has 0 bridgehead atoms. The van der Waals surface area contributed by atoms with Gasteiger partial charge in [0.05, 0.1) is 33.7 Å². The maximum Gasteiger partial charge on any atom is 0.256 e. The smallest absolute Gasteiger partial charge is 0.256 e. The number of anilines is 1. The van der Waals surface area contributed by atoms with Crippen LogP contribution in [0, 0.1) is 20.8 Å². The summed E-state index contributed by atoms with van der Waals surface area (Å²) >= 11 is 0. The molecule has 4 rings (SSSR count). The van der Waals surface area contributed by atoms with Crippen molar-refractivity contribution in [3.8, 4) is 11.3 Å². The van der Waals surface area contributed by atoms with Gasteiger partial charge in [0, 0.05) is 24.8 Å². The fourth-order valence-electron chi connectivity index (χ4n) is 3.62. The van der Waals surface area contributed by atoms with Gasteiger partial charge in [-0.05, 0) is 40.7 Å². The monoisotopic (exact) mass is 402 g/mol. The highest BCUT2D eigenvalue weighted by atomic mass is 16.1. The van der Waals surface area contributed by atoms with Gasteiger partial charge in [-0.25, -0.2) is 9.67 Å². The lowest BCUT2D eigenvalue weighted by atomic mass is 10.0. The summed E-state index contributed by atoms with van der Waals surface area (Å²) in [5, 5.41) is 12.8. The highest BCUT2D eigenvalue weighted by Crippen LogP contribution is 2.28. The normalized spacial score (nSPS) is 11.2. The number of aromatic nitrogens is 5. The molecule has 0 saturated carbocycles. The molecule has 0 radical (unpaired) electrons. The van der Waals surface area contributed by atoms with Crippen LogP contribution in [0.5, 0.6) is 0 Å². The third-order valence-electron chi connectivity index (χ3n) is 5.29. The largest absolute Gasteiger partial charge is 0.319 e. The number of benzene rings is 1. The van der Waals surface area contributed by atoms with Crippen molar-refractivity contribution >= 4 is 22.6 Å². The van der Waals surface area contributed by atoms with E-state index in [4.69, 9.17) is 4.98 Å². The first-order chi connectivity index (χ1) is 14.4. The number of hydrogen-bond donors (Lipinski definition) is 1. The summed E-state index contributed by atoms with van der Waals surface area (Å²) in [6.07, 6.45) is 1.86. The zero-order valence-corrected chi connectivity index (χ0v) is 18.0. The molecule has 0 fully saturated rings. The van der Waals surface area contributed by atoms with Gasteiger partial charge >= 0.3 is 0 Å². The summed E-state index contributed by atoms with van der Waals surface area (Å²) in [5.41, 5.74) is 6.47. The Morgan fingerprint density at radius 3 is 2.37 bits per heavy atom. The lowest BCUT2D eigenvalue weighted by molar-refractivity contribution is 0.102. The van der Waals surface area contributed by atoms with Crippen LogP contribution >= 0.6 is 0 Å². The third-order valence-corrected chi connectivity index (χ3v) is 5.29. The van der Waals surface area contributed by atoms with Crippen molar-refractivity contribution in [3.63, 3.8) is 0 Å². The van der Waals surface area contributed by atoms with Crippen LogP contribution in [-0.2, 0) is 13.1 Å². The van der Waals surface area contributed by atoms with E-state index < -0.39 is 0 Å². The maximum atomic E-state index is 13.4. The number of fused-ring (bicyclic) bond motifs is 1. The molecule has 30 heavy (non-hydrogen) atoms. The summed E-state index contributed by atoms with van der Waals surface area (Å²) in [4.78, 5) is 18.2. The number of amides is 1. The van der Waals surface area contributed by atoms with Crippen molar-refractivity contribution in [1.29, 1.82) is 0 Å². The lowest BCUT2D eigenvalue weighted by Crippen LogP contribution is -2.13. The van der Waals surface area contributed by atoms with E-state index in [2.05, 4.69) is 15.5 Å². The molecular formula is C23H26N6O. The maximum absolute atomic E-state index is 13.4. The third kappa shape index (κ3) is 3.47. The second-order valence-corrected chi connectivity index (χ2v) is 7.46. The van der Waals surface area contributed by atoms with E-state index in [1.54, 1.807) is 0 Å². The van der Waals surface area contributed by atoms with Crippen molar-refractivity contribution in [3.05, 3.63) is 59.0 Å². The van der Waals surface area contributed by atoms with Crippen molar-refractivity contribution < 1.29 is 4.79 Å². The highest BCUT2D eigenvalue weighted by molar-refractivity contribution is 6.13. The molecule has 0 spiro atoms. The second kappa shape index (κ2) is 7.74. The minimum absolute atomic E-state index is 0.187. The first-order valence-electron chi connectivity index (χ1n) is 10.2. The molecule has 1 aromatic carbocycles. The highest BCUT2D eigenvalue weighted by Gasteiger charge is 2.21. The zero-order chi connectivity index (χ0) is 21.4. The lowest BCUT2D eigenvalue weighted by Gasteiger charge is -2.09. The molecule has 7 nitrogen and oxygen atoms in total. The quantitative estimate of drug-likeness (QED) is 0.533. The first-order valence-corrected chi connectivity index (χ1v) is 10.2. The van der Waals surface area contributed by atoms with Crippen molar-refractivity contribution in [2.75, 3.05) is 5.32 Å². The summed E-state index contributed by atoms with van der Waals surface area (Å²) < 4.78 is 3.66. The second-order valence-electron chi connectivity index (χ2n) is 7.46. The molecule has 0 aliphatic rings. The Morgan fingerprint density at radius 2 is 1.73 bits per heavy atom. The molecule has 7 heteroatoms. The molecule has 1 N–H and O–H groups in total. The predicted molar refractivity (Wildman–Crippen MR) is 119 cm³/mol. The zero-order valence-electron chi connectivity index (χ0n) is 18.0. The molecule has 3 aromatic heterocycles. The molecule has 1 amide bonds. The van der Waals surface area contributed by atoms with Crippen LogP contribution in [0.15, 0.2) is 36.5 Å². The van der Waals surface area contributed by atoms with E-state index in [1.165, 1.54) is 5.56 Å². The Kier molecular flexibility index (Phi) is 5.11. The summed E-state index contributed by atoms with van der Waals surface area (Å²) in [5.74, 6) is -0.187. The topological polar surface area (TPSA) is 77.6 Å². The Hall–Kier alpha value is -3.48. The van der Waals surface area contributed by atoms with Crippen molar-refractivity contribution in [2.24, 2.45) is 0 Å². The number of pyridine rings is 1. The number of aryl methyl sites for hydroxylation is 5. The fourth-order valence-corrected chi connectivity index (χ4v) is 3.62. The van der Waals surface area contributed by atoms with E-state index in [9.17, 15) is 4.79 Å². The Morgan fingerprint density at radius 1 is 1.00 bits per heavy atom. The average molecular weight is 403 g/mol. The Balaban J connectivity index is 1.86. The molecule has 154 valence electrons. The number of rotatable bonds is 5. The molecule has 0 saturated heterocycles. The first kappa shape index (κ1) is 19.8. The van der Waals surface area contributed by atoms with Crippen LogP contribution in [0.4, 0.5) is 5.69 Å². The molecule has 0 aliphatic heterocycles.